The summed E-state index contributed by atoms with van der Waals surface area (Å²) in [6, 6.07) is 0. The fourth-order valence-electron chi connectivity index (χ4n) is 0.518. The monoisotopic (exact) mass is 213 g/mol. The highest BCUT2D eigenvalue weighted by molar-refractivity contribution is 6.76. The van der Waals surface area contributed by atoms with Crippen molar-refractivity contribution in [1.29, 1.82) is 0 Å². The molecule has 66 valence electrons. The lowest BCUT2D eigenvalue weighted by molar-refractivity contribution is -0.118. The Balaban J connectivity index is 3.88. The van der Waals surface area contributed by atoms with E-state index in [0.29, 0.717) is 0 Å². The van der Waals surface area contributed by atoms with Crippen molar-refractivity contribution >= 4 is 37.3 Å². The zero-order valence-corrected chi connectivity index (χ0v) is 9.46. The molecule has 0 fully saturated rings. The number of alkyl halides is 2. The standard InChI is InChI=1S/C6H13Cl2NOSi/c1-11(2,3)9-6(10)5(8)4-7/h5H,4H2,1-3H3,(H,9,10). The van der Waals surface area contributed by atoms with Crippen molar-refractivity contribution < 1.29 is 4.79 Å². The molecule has 1 amide bonds. The minimum absolute atomic E-state index is 0.152. The Kier molecular flexibility index (Phi) is 4.44. The maximum absolute atomic E-state index is 11.1. The van der Waals surface area contributed by atoms with Gasteiger partial charge in [-0.15, -0.1) is 23.2 Å². The lowest BCUT2D eigenvalue weighted by atomic mass is 10.5. The summed E-state index contributed by atoms with van der Waals surface area (Å²) >= 11 is 11.0. The van der Waals surface area contributed by atoms with Crippen LogP contribution in [0, 0.1) is 0 Å². The average Bonchev–Trinajstić information content (AvgIpc) is 1.82. The number of halogens is 2. The van der Waals surface area contributed by atoms with Crippen LogP contribution in [0.25, 0.3) is 0 Å². The highest BCUT2D eigenvalue weighted by atomic mass is 35.5. The minimum atomic E-state index is -1.54. The highest BCUT2D eigenvalue weighted by Crippen LogP contribution is 2.02. The molecule has 0 aromatic rings. The third kappa shape index (κ3) is 5.53. The maximum atomic E-state index is 11.1. The molecule has 0 saturated carbocycles. The van der Waals surface area contributed by atoms with Crippen LogP contribution in [0.3, 0.4) is 0 Å². The third-order valence-corrected chi connectivity index (χ3v) is 2.73. The molecule has 11 heavy (non-hydrogen) atoms. The van der Waals surface area contributed by atoms with E-state index >= 15 is 0 Å². The molecule has 1 N–H and O–H groups in total. The van der Waals surface area contributed by atoms with Crippen LogP contribution < -0.4 is 4.98 Å². The molecule has 5 heteroatoms. The maximum Gasteiger partial charge on any atom is 0.231 e. The fraction of sp³-hybridized carbons (Fsp3) is 0.833. The number of hydrogen-bond acceptors (Lipinski definition) is 1. The molecule has 0 aliphatic rings. The van der Waals surface area contributed by atoms with Crippen molar-refractivity contribution in [3.8, 4) is 0 Å². The van der Waals surface area contributed by atoms with Crippen molar-refractivity contribution in [1.82, 2.24) is 4.98 Å². The van der Waals surface area contributed by atoms with Crippen LogP contribution in [-0.2, 0) is 4.79 Å². The molecular weight excluding hydrogens is 201 g/mol. The second-order valence-corrected chi connectivity index (χ2v) is 8.95. The van der Waals surface area contributed by atoms with Crippen molar-refractivity contribution in [3.05, 3.63) is 0 Å². The van der Waals surface area contributed by atoms with Gasteiger partial charge in [-0.05, 0) is 0 Å². The van der Waals surface area contributed by atoms with Gasteiger partial charge in [0.15, 0.2) is 0 Å². The van der Waals surface area contributed by atoms with Gasteiger partial charge in [-0.3, -0.25) is 4.79 Å². The number of rotatable bonds is 3. The summed E-state index contributed by atoms with van der Waals surface area (Å²) in [7, 11) is -1.54. The second-order valence-electron chi connectivity index (χ2n) is 3.36. The predicted octanol–water partition coefficient (Wildman–Crippen LogP) is 1.78. The molecular formula is C6H13Cl2NOSi. The van der Waals surface area contributed by atoms with E-state index in [0.717, 1.165) is 0 Å². The molecule has 0 aliphatic heterocycles. The molecule has 0 aromatic carbocycles. The highest BCUT2D eigenvalue weighted by Gasteiger charge is 2.21. The Morgan fingerprint density at radius 1 is 1.55 bits per heavy atom. The van der Waals surface area contributed by atoms with Gasteiger partial charge in [0.05, 0.1) is 0 Å². The van der Waals surface area contributed by atoms with E-state index in [1.165, 1.54) is 0 Å². The van der Waals surface area contributed by atoms with Gasteiger partial charge in [-0.2, -0.15) is 0 Å². The van der Waals surface area contributed by atoms with Gasteiger partial charge in [0.1, 0.15) is 13.6 Å². The first-order chi connectivity index (χ1) is 4.87. The normalized spacial score (nSPS) is 14.3. The van der Waals surface area contributed by atoms with Crippen LogP contribution in [0.5, 0.6) is 0 Å². The van der Waals surface area contributed by atoms with E-state index in [1.54, 1.807) is 0 Å². The zero-order valence-electron chi connectivity index (χ0n) is 6.95. The van der Waals surface area contributed by atoms with E-state index in [1.807, 2.05) is 19.6 Å². The van der Waals surface area contributed by atoms with Gasteiger partial charge in [0.2, 0.25) is 5.91 Å². The van der Waals surface area contributed by atoms with Crippen molar-refractivity contribution in [3.63, 3.8) is 0 Å². The van der Waals surface area contributed by atoms with Crippen LogP contribution in [0.4, 0.5) is 0 Å². The van der Waals surface area contributed by atoms with Crippen molar-refractivity contribution in [2.45, 2.75) is 25.0 Å². The van der Waals surface area contributed by atoms with Crippen LogP contribution in [0.1, 0.15) is 0 Å². The fourth-order valence-corrected chi connectivity index (χ4v) is 1.72. The minimum Gasteiger partial charge on any atom is -0.381 e. The van der Waals surface area contributed by atoms with Gasteiger partial charge >= 0.3 is 0 Å². The molecule has 0 heterocycles. The summed E-state index contributed by atoms with van der Waals surface area (Å²) in [6.07, 6.45) is 0. The SMILES string of the molecule is C[Si](C)(C)NC(=O)C(Cl)CCl. The molecule has 0 aromatic heterocycles. The molecule has 0 radical (unpaired) electrons. The van der Waals surface area contributed by atoms with Gasteiger partial charge < -0.3 is 4.98 Å². The summed E-state index contributed by atoms with van der Waals surface area (Å²) in [6.45, 7) is 6.09. The van der Waals surface area contributed by atoms with Gasteiger partial charge in [-0.25, -0.2) is 0 Å². The molecule has 1 unspecified atom stereocenters. The van der Waals surface area contributed by atoms with Crippen molar-refractivity contribution in [2.75, 3.05) is 5.88 Å². The molecule has 0 bridgehead atoms. The number of carbonyl (C=O) groups is 1. The molecule has 0 rings (SSSR count). The summed E-state index contributed by atoms with van der Waals surface area (Å²) in [5.74, 6) is 0.0125. The third-order valence-electron chi connectivity index (χ3n) is 0.918. The summed E-state index contributed by atoms with van der Waals surface area (Å²) < 4.78 is 0. The van der Waals surface area contributed by atoms with E-state index in [2.05, 4.69) is 4.98 Å². The molecule has 2 nitrogen and oxygen atoms in total. The molecule has 0 spiro atoms. The van der Waals surface area contributed by atoms with Crippen molar-refractivity contribution in [2.24, 2.45) is 0 Å². The second kappa shape index (κ2) is 4.33. The summed E-state index contributed by atoms with van der Waals surface area (Å²) in [5, 5.41) is -0.594. The van der Waals surface area contributed by atoms with Crippen LogP contribution in [0.2, 0.25) is 19.6 Å². The van der Waals surface area contributed by atoms with E-state index in [4.69, 9.17) is 23.2 Å². The Hall–Kier alpha value is 0.267. The first kappa shape index (κ1) is 11.3. The molecule has 0 aliphatic carbocycles. The Morgan fingerprint density at radius 3 is 2.27 bits per heavy atom. The number of nitrogens with one attached hydrogen (secondary N) is 1. The molecule has 0 saturated heterocycles. The Bertz CT molecular complexity index is 146. The smallest absolute Gasteiger partial charge is 0.231 e. The lowest BCUT2D eigenvalue weighted by Gasteiger charge is -2.19. The van der Waals surface area contributed by atoms with Gasteiger partial charge in [0, 0.05) is 5.88 Å². The number of carbonyl (C=O) groups excluding carboxylic acids is 1. The molecule has 1 atom stereocenters. The Morgan fingerprint density at radius 2 is 2.00 bits per heavy atom. The number of amides is 1. The van der Waals surface area contributed by atoms with Crippen LogP contribution >= 0.6 is 23.2 Å². The van der Waals surface area contributed by atoms with E-state index in [-0.39, 0.29) is 11.8 Å². The van der Waals surface area contributed by atoms with E-state index < -0.39 is 13.6 Å². The predicted molar refractivity (Wildman–Crippen MR) is 51.8 cm³/mol. The summed E-state index contributed by atoms with van der Waals surface area (Å²) in [5.41, 5.74) is 0. The van der Waals surface area contributed by atoms with Crippen LogP contribution in [-0.4, -0.2) is 25.4 Å². The van der Waals surface area contributed by atoms with Gasteiger partial charge in [0.25, 0.3) is 0 Å². The quantitative estimate of drug-likeness (QED) is 0.563. The zero-order chi connectivity index (χ0) is 9.07. The Labute approximate surface area is 78.3 Å². The first-order valence-electron chi connectivity index (χ1n) is 3.39. The van der Waals surface area contributed by atoms with E-state index in [9.17, 15) is 4.79 Å². The average molecular weight is 214 g/mol. The summed E-state index contributed by atoms with van der Waals surface area (Å²) in [4.78, 5) is 14.0. The topological polar surface area (TPSA) is 29.1 Å². The number of hydrogen-bond donors (Lipinski definition) is 1. The lowest BCUT2D eigenvalue weighted by Crippen LogP contribution is -2.48. The first-order valence-corrected chi connectivity index (χ1v) is 7.86. The van der Waals surface area contributed by atoms with Crippen LogP contribution in [0.15, 0.2) is 0 Å². The largest absolute Gasteiger partial charge is 0.381 e. The van der Waals surface area contributed by atoms with Gasteiger partial charge in [-0.1, -0.05) is 19.6 Å².